The summed E-state index contributed by atoms with van der Waals surface area (Å²) in [7, 11) is -0.439. The maximum absolute atomic E-state index is 12.3. The van der Waals surface area contributed by atoms with Crippen LogP contribution in [-0.2, 0) is 14.0 Å². The third-order valence-corrected chi connectivity index (χ3v) is 6.33. The fourth-order valence-corrected chi connectivity index (χ4v) is 3.69. The van der Waals surface area contributed by atoms with E-state index in [9.17, 15) is 4.79 Å². The topological polar surface area (TPSA) is 77.3 Å². The molecule has 7 nitrogen and oxygen atoms in total. The molecule has 32 heavy (non-hydrogen) atoms. The van der Waals surface area contributed by atoms with Crippen molar-refractivity contribution in [1.82, 2.24) is 4.90 Å². The number of anilines is 1. The lowest BCUT2D eigenvalue weighted by Crippen LogP contribution is -2.50. The maximum Gasteiger partial charge on any atom is 0.491 e. The van der Waals surface area contributed by atoms with Crippen molar-refractivity contribution in [2.45, 2.75) is 65.3 Å². The van der Waals surface area contributed by atoms with E-state index < -0.39 is 23.9 Å². The minimum atomic E-state index is -0.472. The number of hydrogen-bond donors (Lipinski definition) is 1. The molecule has 1 aromatic rings. The van der Waals surface area contributed by atoms with Crippen molar-refractivity contribution in [3.05, 3.63) is 35.3 Å². The molecule has 0 saturated carbocycles. The Bertz CT molecular complexity index is 822. The Balaban J connectivity index is 1.61. The van der Waals surface area contributed by atoms with E-state index in [1.165, 1.54) is 0 Å². The average Bonchev–Trinajstić information content (AvgIpc) is 2.92. The number of piperazine rings is 1. The van der Waals surface area contributed by atoms with E-state index in [2.05, 4.69) is 29.2 Å². The molecule has 0 unspecified atom stereocenters. The predicted molar refractivity (Wildman–Crippen MR) is 130 cm³/mol. The molecule has 0 atom stereocenters. The minimum absolute atomic E-state index is 0.241. The van der Waals surface area contributed by atoms with Crippen molar-refractivity contribution in [1.29, 1.82) is 0 Å². The molecule has 0 aromatic heterocycles. The van der Waals surface area contributed by atoms with Gasteiger partial charge in [-0.2, -0.15) is 0 Å². The van der Waals surface area contributed by atoms with Crippen LogP contribution in [0, 0.1) is 0 Å². The lowest BCUT2D eigenvalue weighted by molar-refractivity contribution is 0.00578. The molecule has 2 aliphatic heterocycles. The van der Waals surface area contributed by atoms with Crippen LogP contribution in [0.3, 0.4) is 0 Å². The lowest BCUT2D eigenvalue weighted by atomic mass is 9.77. The molecular formula is C24H38BN3O4. The highest BCUT2D eigenvalue weighted by atomic mass is 16.7. The first-order valence-corrected chi connectivity index (χ1v) is 11.4. The summed E-state index contributed by atoms with van der Waals surface area (Å²) in [6.07, 6.45) is 1.81. The Hall–Kier alpha value is -2.03. The molecule has 2 fully saturated rings. The maximum atomic E-state index is 12.3. The molecule has 8 heteroatoms. The van der Waals surface area contributed by atoms with Gasteiger partial charge in [-0.05, 0) is 71.6 Å². The number of amides is 1. The molecule has 2 N–H and O–H groups in total. The SMILES string of the molecule is CC(C)(C)OC(=O)N1CCN(c2ccc(C=C(CN)B3OC(C)(C)C(C)(C)O3)cc2)CC1. The van der Waals surface area contributed by atoms with Crippen LogP contribution in [0.4, 0.5) is 10.5 Å². The molecule has 0 spiro atoms. The second-order valence-electron chi connectivity index (χ2n) is 10.6. The number of carbonyl (C=O) groups excluding carboxylic acids is 1. The molecule has 1 aromatic carbocycles. The standard InChI is InChI=1S/C24H38BN3O4/c1-22(2,3)30-21(29)28-14-12-27(13-15-28)20-10-8-18(9-11-20)16-19(17-26)25-31-23(4,5)24(6,7)32-25/h8-11,16H,12-15,17,26H2,1-7H3. The van der Waals surface area contributed by atoms with Crippen LogP contribution >= 0.6 is 0 Å². The van der Waals surface area contributed by atoms with Crippen LogP contribution in [0.2, 0.25) is 0 Å². The quantitative estimate of drug-likeness (QED) is 0.715. The van der Waals surface area contributed by atoms with Crippen LogP contribution in [-0.4, -0.2) is 67.6 Å². The summed E-state index contributed by atoms with van der Waals surface area (Å²) < 4.78 is 17.8. The summed E-state index contributed by atoms with van der Waals surface area (Å²) in [5, 5.41) is 0. The van der Waals surface area contributed by atoms with E-state index in [0.29, 0.717) is 19.6 Å². The molecule has 176 valence electrons. The summed E-state index contributed by atoms with van der Waals surface area (Å²) in [5.41, 5.74) is 7.87. The van der Waals surface area contributed by atoms with Gasteiger partial charge in [0.05, 0.1) is 11.2 Å². The number of nitrogens with zero attached hydrogens (tertiary/aromatic N) is 2. The van der Waals surface area contributed by atoms with Gasteiger partial charge in [-0.25, -0.2) is 4.79 Å². The number of benzene rings is 1. The Labute approximate surface area is 193 Å². The number of rotatable bonds is 4. The first-order chi connectivity index (χ1) is 14.8. The third-order valence-electron chi connectivity index (χ3n) is 6.33. The second-order valence-corrected chi connectivity index (χ2v) is 10.6. The van der Waals surface area contributed by atoms with Crippen LogP contribution in [0.15, 0.2) is 29.7 Å². The molecular weight excluding hydrogens is 405 g/mol. The highest BCUT2D eigenvalue weighted by molar-refractivity contribution is 6.55. The zero-order valence-corrected chi connectivity index (χ0v) is 20.6. The normalized spacial score (nSPS) is 21.1. The Kier molecular flexibility index (Phi) is 6.98. The van der Waals surface area contributed by atoms with Crippen LogP contribution in [0.5, 0.6) is 0 Å². The highest BCUT2D eigenvalue weighted by Crippen LogP contribution is 2.38. The van der Waals surface area contributed by atoms with Gasteiger partial charge in [0, 0.05) is 38.4 Å². The van der Waals surface area contributed by atoms with Crippen molar-refractivity contribution in [2.24, 2.45) is 5.73 Å². The fraction of sp³-hybridized carbons (Fsp3) is 0.625. The van der Waals surface area contributed by atoms with Crippen LogP contribution < -0.4 is 10.6 Å². The molecule has 1 amide bonds. The van der Waals surface area contributed by atoms with E-state index in [1.807, 2.05) is 54.5 Å². The van der Waals surface area contributed by atoms with E-state index in [1.54, 1.807) is 4.90 Å². The van der Waals surface area contributed by atoms with Crippen molar-refractivity contribution in [3.63, 3.8) is 0 Å². The van der Waals surface area contributed by atoms with Gasteiger partial charge in [-0.15, -0.1) is 0 Å². The molecule has 2 aliphatic rings. The first-order valence-electron chi connectivity index (χ1n) is 11.4. The number of nitrogens with two attached hydrogens (primary N) is 1. The predicted octanol–water partition coefficient (Wildman–Crippen LogP) is 3.72. The molecule has 2 saturated heterocycles. The van der Waals surface area contributed by atoms with Gasteiger partial charge in [-0.3, -0.25) is 0 Å². The number of carbonyl (C=O) groups is 1. The Morgan fingerprint density at radius 1 is 1.06 bits per heavy atom. The molecule has 0 aliphatic carbocycles. The van der Waals surface area contributed by atoms with Gasteiger partial charge in [0.25, 0.3) is 0 Å². The monoisotopic (exact) mass is 443 g/mol. The lowest BCUT2D eigenvalue weighted by Gasteiger charge is -2.36. The zero-order valence-electron chi connectivity index (χ0n) is 20.6. The summed E-state index contributed by atoms with van der Waals surface area (Å²) in [6.45, 7) is 17.0. The smallest absolute Gasteiger partial charge is 0.444 e. The molecule has 0 bridgehead atoms. The Morgan fingerprint density at radius 2 is 1.59 bits per heavy atom. The average molecular weight is 443 g/mol. The summed E-state index contributed by atoms with van der Waals surface area (Å²) in [6, 6.07) is 8.37. The van der Waals surface area contributed by atoms with Crippen molar-refractivity contribution in [2.75, 3.05) is 37.6 Å². The minimum Gasteiger partial charge on any atom is -0.444 e. The molecule has 0 radical (unpaired) electrons. The largest absolute Gasteiger partial charge is 0.491 e. The van der Waals surface area contributed by atoms with Gasteiger partial charge >= 0.3 is 13.2 Å². The number of hydrogen-bond acceptors (Lipinski definition) is 6. The van der Waals surface area contributed by atoms with Gasteiger partial charge in [-0.1, -0.05) is 18.2 Å². The van der Waals surface area contributed by atoms with Crippen LogP contribution in [0.1, 0.15) is 54.0 Å². The van der Waals surface area contributed by atoms with Crippen molar-refractivity contribution >= 4 is 25.0 Å². The zero-order chi connectivity index (χ0) is 23.7. The fourth-order valence-electron chi connectivity index (χ4n) is 3.69. The van der Waals surface area contributed by atoms with Gasteiger partial charge in [0.2, 0.25) is 0 Å². The molecule has 3 rings (SSSR count). The first kappa shape index (κ1) is 24.6. The van der Waals surface area contributed by atoms with E-state index >= 15 is 0 Å². The Morgan fingerprint density at radius 3 is 2.06 bits per heavy atom. The summed E-state index contributed by atoms with van der Waals surface area (Å²) in [5.74, 6) is 0. The van der Waals surface area contributed by atoms with Crippen molar-refractivity contribution in [3.8, 4) is 0 Å². The van der Waals surface area contributed by atoms with Gasteiger partial charge in [0.1, 0.15) is 5.60 Å². The third kappa shape index (κ3) is 5.66. The van der Waals surface area contributed by atoms with Gasteiger partial charge < -0.3 is 29.6 Å². The second kappa shape index (κ2) is 9.08. The van der Waals surface area contributed by atoms with Gasteiger partial charge in [0.15, 0.2) is 0 Å². The summed E-state index contributed by atoms with van der Waals surface area (Å²) in [4.78, 5) is 16.3. The van der Waals surface area contributed by atoms with E-state index in [4.69, 9.17) is 19.8 Å². The van der Waals surface area contributed by atoms with Crippen molar-refractivity contribution < 1.29 is 18.8 Å². The highest BCUT2D eigenvalue weighted by Gasteiger charge is 2.52. The number of ether oxygens (including phenoxy) is 1. The molecule has 2 heterocycles. The van der Waals surface area contributed by atoms with E-state index in [0.717, 1.165) is 29.8 Å². The summed E-state index contributed by atoms with van der Waals surface area (Å²) >= 11 is 0. The van der Waals surface area contributed by atoms with Crippen LogP contribution in [0.25, 0.3) is 6.08 Å². The van der Waals surface area contributed by atoms with E-state index in [-0.39, 0.29) is 6.09 Å².